The summed E-state index contributed by atoms with van der Waals surface area (Å²) < 4.78 is 13.5. The Morgan fingerprint density at radius 2 is 1.69 bits per heavy atom. The van der Waals surface area contributed by atoms with Gasteiger partial charge in [-0.15, -0.1) is 0 Å². The summed E-state index contributed by atoms with van der Waals surface area (Å²) in [7, 11) is 0. The molecule has 7 heteroatoms. The molecule has 0 spiro atoms. The number of hydrogen-bond acceptors (Lipinski definition) is 3. The van der Waals surface area contributed by atoms with Gasteiger partial charge in [0.25, 0.3) is 5.91 Å². The Balaban J connectivity index is 1.64. The maximum Gasteiger partial charge on any atom is 0.259 e. The van der Waals surface area contributed by atoms with Crippen LogP contribution in [0.5, 0.6) is 0 Å². The van der Waals surface area contributed by atoms with E-state index in [1.54, 1.807) is 18.2 Å². The van der Waals surface area contributed by atoms with E-state index < -0.39 is 6.04 Å². The van der Waals surface area contributed by atoms with Crippen molar-refractivity contribution >= 4 is 34.2 Å². The molecule has 6 nitrogen and oxygen atoms in total. The van der Waals surface area contributed by atoms with Crippen molar-refractivity contribution in [2.24, 2.45) is 0 Å². The fourth-order valence-corrected chi connectivity index (χ4v) is 4.51. The first-order valence-corrected chi connectivity index (χ1v) is 12.0. The minimum atomic E-state index is -0.725. The summed E-state index contributed by atoms with van der Waals surface area (Å²) in [5, 5.41) is 4.74. The van der Waals surface area contributed by atoms with Crippen molar-refractivity contribution in [1.29, 1.82) is 0 Å². The normalized spacial score (nSPS) is 14.2. The predicted octanol–water partition coefficient (Wildman–Crippen LogP) is 4.66. The summed E-state index contributed by atoms with van der Waals surface area (Å²) in [6.07, 6.45) is 1.16. The van der Waals surface area contributed by atoms with Crippen molar-refractivity contribution in [1.82, 2.24) is 10.2 Å². The summed E-state index contributed by atoms with van der Waals surface area (Å²) in [4.78, 5) is 43.1. The summed E-state index contributed by atoms with van der Waals surface area (Å²) in [5.41, 5.74) is 1.96. The number of amides is 3. The number of rotatable bonds is 9. The maximum atomic E-state index is 13.7. The molecule has 0 saturated carbocycles. The fourth-order valence-electron chi connectivity index (χ4n) is 4.51. The Labute approximate surface area is 204 Å². The molecule has 1 heterocycles. The van der Waals surface area contributed by atoms with Crippen molar-refractivity contribution < 1.29 is 18.8 Å². The zero-order chi connectivity index (χ0) is 25.1. The highest BCUT2D eigenvalue weighted by atomic mass is 19.1. The molecule has 2 unspecified atom stereocenters. The SMILES string of the molecule is CCC(C)NC(=O)C(CC)N(Cc1ccc(F)cc1)C(=O)CN1C(=O)c2cccc3cccc1c23. The lowest BCUT2D eigenvalue weighted by Gasteiger charge is -2.32. The molecule has 0 aliphatic carbocycles. The summed E-state index contributed by atoms with van der Waals surface area (Å²) in [6.45, 7) is 5.68. The summed E-state index contributed by atoms with van der Waals surface area (Å²) in [6, 6.07) is 16.3. The van der Waals surface area contributed by atoms with Gasteiger partial charge < -0.3 is 10.2 Å². The average molecular weight is 476 g/mol. The first-order valence-electron chi connectivity index (χ1n) is 12.0. The topological polar surface area (TPSA) is 69.7 Å². The van der Waals surface area contributed by atoms with Gasteiger partial charge >= 0.3 is 0 Å². The molecule has 3 aromatic rings. The zero-order valence-electron chi connectivity index (χ0n) is 20.3. The zero-order valence-corrected chi connectivity index (χ0v) is 20.3. The van der Waals surface area contributed by atoms with Gasteiger partial charge in [-0.05, 0) is 55.0 Å². The van der Waals surface area contributed by atoms with E-state index in [9.17, 15) is 18.8 Å². The van der Waals surface area contributed by atoms with Crippen molar-refractivity contribution in [3.8, 4) is 0 Å². The number of carbonyl (C=O) groups is 3. The van der Waals surface area contributed by atoms with Crippen LogP contribution in [0, 0.1) is 5.82 Å². The minimum absolute atomic E-state index is 0.0356. The third kappa shape index (κ3) is 4.90. The van der Waals surface area contributed by atoms with Crippen LogP contribution in [0.2, 0.25) is 0 Å². The molecule has 0 bridgehead atoms. The van der Waals surface area contributed by atoms with Crippen molar-refractivity contribution in [2.45, 2.75) is 52.2 Å². The Morgan fingerprint density at radius 3 is 2.34 bits per heavy atom. The van der Waals surface area contributed by atoms with Gasteiger partial charge in [0.15, 0.2) is 0 Å². The summed E-state index contributed by atoms with van der Waals surface area (Å²) >= 11 is 0. The number of anilines is 1. The fraction of sp³-hybridized carbons (Fsp3) is 0.321. The Morgan fingerprint density at radius 1 is 1.00 bits per heavy atom. The molecule has 1 N–H and O–H groups in total. The second kappa shape index (κ2) is 10.3. The van der Waals surface area contributed by atoms with Crippen LogP contribution in [-0.4, -0.2) is 41.2 Å². The van der Waals surface area contributed by atoms with Crippen molar-refractivity contribution in [3.05, 3.63) is 77.6 Å². The van der Waals surface area contributed by atoms with E-state index in [0.29, 0.717) is 23.2 Å². The van der Waals surface area contributed by atoms with Crippen LogP contribution in [0.15, 0.2) is 60.7 Å². The number of halogens is 1. The molecule has 4 rings (SSSR count). The van der Waals surface area contributed by atoms with Gasteiger partial charge in [0, 0.05) is 23.5 Å². The van der Waals surface area contributed by atoms with Gasteiger partial charge in [0.2, 0.25) is 11.8 Å². The minimum Gasteiger partial charge on any atom is -0.352 e. The van der Waals surface area contributed by atoms with Crippen molar-refractivity contribution in [2.75, 3.05) is 11.4 Å². The van der Waals surface area contributed by atoms with Gasteiger partial charge in [-0.2, -0.15) is 0 Å². The maximum absolute atomic E-state index is 13.7. The van der Waals surface area contributed by atoms with Crippen molar-refractivity contribution in [3.63, 3.8) is 0 Å². The number of benzene rings is 3. The molecule has 35 heavy (non-hydrogen) atoms. The van der Waals surface area contributed by atoms with Gasteiger partial charge in [-0.3, -0.25) is 19.3 Å². The Kier molecular flexibility index (Phi) is 7.15. The van der Waals surface area contributed by atoms with Crippen LogP contribution in [-0.2, 0) is 16.1 Å². The van der Waals surface area contributed by atoms with Crippen LogP contribution in [0.4, 0.5) is 10.1 Å². The molecule has 0 fully saturated rings. The molecular weight excluding hydrogens is 445 g/mol. The van der Waals surface area contributed by atoms with E-state index in [1.807, 2.05) is 51.1 Å². The molecule has 0 radical (unpaired) electrons. The third-order valence-electron chi connectivity index (χ3n) is 6.60. The molecule has 3 amide bonds. The second-order valence-electron chi connectivity index (χ2n) is 8.96. The van der Waals surface area contributed by atoms with E-state index in [0.717, 1.165) is 17.2 Å². The lowest BCUT2D eigenvalue weighted by atomic mass is 10.1. The van der Waals surface area contributed by atoms with Gasteiger partial charge in [0.05, 0.1) is 5.69 Å². The van der Waals surface area contributed by atoms with Crippen LogP contribution < -0.4 is 10.2 Å². The van der Waals surface area contributed by atoms with Crippen LogP contribution in [0.1, 0.15) is 49.5 Å². The smallest absolute Gasteiger partial charge is 0.259 e. The highest BCUT2D eigenvalue weighted by Crippen LogP contribution is 2.37. The number of hydrogen-bond donors (Lipinski definition) is 1. The van der Waals surface area contributed by atoms with E-state index in [2.05, 4.69) is 5.32 Å². The lowest BCUT2D eigenvalue weighted by molar-refractivity contribution is -0.140. The molecular formula is C28H30FN3O3. The lowest BCUT2D eigenvalue weighted by Crippen LogP contribution is -2.53. The molecule has 3 aromatic carbocycles. The number of carbonyl (C=O) groups excluding carboxylic acids is 3. The quantitative estimate of drug-likeness (QED) is 0.489. The van der Waals surface area contributed by atoms with Gasteiger partial charge in [-0.25, -0.2) is 4.39 Å². The Hall–Kier alpha value is -3.74. The third-order valence-corrected chi connectivity index (χ3v) is 6.60. The first kappa shape index (κ1) is 24.4. The molecule has 1 aliphatic rings. The van der Waals surface area contributed by atoms with E-state index in [-0.39, 0.29) is 42.7 Å². The highest BCUT2D eigenvalue weighted by molar-refractivity contribution is 6.26. The largest absolute Gasteiger partial charge is 0.352 e. The number of nitrogens with one attached hydrogen (secondary N) is 1. The van der Waals surface area contributed by atoms with E-state index in [4.69, 9.17) is 0 Å². The molecule has 0 aromatic heterocycles. The number of nitrogens with zero attached hydrogens (tertiary/aromatic N) is 2. The molecule has 182 valence electrons. The Bertz CT molecular complexity index is 1250. The molecule has 0 saturated heterocycles. The van der Waals surface area contributed by atoms with Gasteiger partial charge in [0.1, 0.15) is 18.4 Å². The highest BCUT2D eigenvalue weighted by Gasteiger charge is 2.35. The average Bonchev–Trinajstić information content (AvgIpc) is 3.13. The standard InChI is InChI=1S/C28H30FN3O3/c1-4-18(3)30-27(34)23(5-2)31(16-19-12-14-21(29)15-13-19)25(33)17-32-24-11-7-9-20-8-6-10-22(26(20)24)28(32)35/h6-15,18,23H,4-5,16-17H2,1-3H3,(H,30,34). The molecule has 1 aliphatic heterocycles. The predicted molar refractivity (Wildman–Crippen MR) is 135 cm³/mol. The monoisotopic (exact) mass is 475 g/mol. The van der Waals surface area contributed by atoms with Crippen LogP contribution in [0.25, 0.3) is 10.8 Å². The summed E-state index contributed by atoms with van der Waals surface area (Å²) in [5.74, 6) is -1.19. The first-order chi connectivity index (χ1) is 16.8. The van der Waals surface area contributed by atoms with Gasteiger partial charge in [-0.1, -0.05) is 50.2 Å². The van der Waals surface area contributed by atoms with E-state index >= 15 is 0 Å². The van der Waals surface area contributed by atoms with Crippen LogP contribution >= 0.6 is 0 Å². The van der Waals surface area contributed by atoms with Crippen LogP contribution in [0.3, 0.4) is 0 Å². The second-order valence-corrected chi connectivity index (χ2v) is 8.96. The van der Waals surface area contributed by atoms with E-state index in [1.165, 1.54) is 21.9 Å². The molecule has 2 atom stereocenters.